The third-order valence-electron chi connectivity index (χ3n) is 4.23. The van der Waals surface area contributed by atoms with E-state index in [1.165, 1.54) is 0 Å². The number of carbonyl (C=O) groups excluding carboxylic acids is 1. The minimum absolute atomic E-state index is 0.161. The number of nitrogens with one attached hydrogen (secondary N) is 1. The highest BCUT2D eigenvalue weighted by Crippen LogP contribution is 2.26. The number of nitrogens with zero attached hydrogens (tertiary/aromatic N) is 2. The van der Waals surface area contributed by atoms with E-state index in [9.17, 15) is 4.79 Å². The van der Waals surface area contributed by atoms with Crippen LogP contribution in [0.4, 0.5) is 0 Å². The molecular weight excluding hydrogens is 378 g/mol. The summed E-state index contributed by atoms with van der Waals surface area (Å²) < 4.78 is 2.17. The number of halogens is 1. The Labute approximate surface area is 168 Å². The molecule has 1 amide bonds. The Balaban J connectivity index is 1.71. The predicted molar refractivity (Wildman–Crippen MR) is 115 cm³/mol. The molecule has 0 fully saturated rings. The van der Waals surface area contributed by atoms with Crippen LogP contribution in [0.3, 0.4) is 0 Å². The fourth-order valence-electron chi connectivity index (χ4n) is 3.01. The number of amides is 1. The van der Waals surface area contributed by atoms with E-state index in [1.54, 1.807) is 18.0 Å². The molecule has 1 heterocycles. The highest BCUT2D eigenvalue weighted by molar-refractivity contribution is 7.99. The minimum atomic E-state index is -0.161. The number of carbonyl (C=O) groups is 1. The van der Waals surface area contributed by atoms with E-state index in [0.29, 0.717) is 5.02 Å². The second-order valence-corrected chi connectivity index (χ2v) is 7.78. The summed E-state index contributed by atoms with van der Waals surface area (Å²) in [4.78, 5) is 13.4. The number of para-hydroxylation sites is 1. The standard InChI is InChI=1S/C21H22ClN3OS/c1-3-25-14-16(18-7-5-6-8-19(18)25)13-23-24-21(26)12-15-11-17(22)9-10-20(15)27-4-2/h5-11,13-14H,3-4,12H2,1-2H3,(H,24,26)/b23-13-. The van der Waals surface area contributed by atoms with E-state index in [1.807, 2.05) is 36.5 Å². The summed E-state index contributed by atoms with van der Waals surface area (Å²) in [5.41, 5.74) is 5.69. The average molecular weight is 400 g/mol. The van der Waals surface area contributed by atoms with Crippen molar-refractivity contribution in [2.45, 2.75) is 31.7 Å². The number of aryl methyl sites for hydroxylation is 1. The first-order valence-corrected chi connectivity index (χ1v) is 10.3. The van der Waals surface area contributed by atoms with Gasteiger partial charge < -0.3 is 4.57 Å². The zero-order valence-electron chi connectivity index (χ0n) is 15.4. The van der Waals surface area contributed by atoms with Gasteiger partial charge in [-0.15, -0.1) is 11.8 Å². The normalized spacial score (nSPS) is 11.4. The molecule has 6 heteroatoms. The molecule has 1 aromatic heterocycles. The van der Waals surface area contributed by atoms with Crippen LogP contribution in [0.1, 0.15) is 25.0 Å². The van der Waals surface area contributed by atoms with Crippen LogP contribution in [0.15, 0.2) is 58.7 Å². The summed E-state index contributed by atoms with van der Waals surface area (Å²) in [5.74, 6) is 0.779. The van der Waals surface area contributed by atoms with Gasteiger partial charge in [-0.2, -0.15) is 5.10 Å². The lowest BCUT2D eigenvalue weighted by molar-refractivity contribution is -0.120. The Morgan fingerprint density at radius 1 is 1.26 bits per heavy atom. The lowest BCUT2D eigenvalue weighted by Gasteiger charge is -2.08. The first-order chi connectivity index (χ1) is 13.1. The summed E-state index contributed by atoms with van der Waals surface area (Å²) in [6.07, 6.45) is 4.00. The van der Waals surface area contributed by atoms with Crippen LogP contribution < -0.4 is 5.43 Å². The third kappa shape index (κ3) is 4.73. The van der Waals surface area contributed by atoms with Crippen molar-refractivity contribution < 1.29 is 4.79 Å². The molecule has 0 radical (unpaired) electrons. The van der Waals surface area contributed by atoms with Crippen LogP contribution in [0.5, 0.6) is 0 Å². The van der Waals surface area contributed by atoms with E-state index in [0.717, 1.165) is 39.2 Å². The molecule has 0 spiro atoms. The minimum Gasteiger partial charge on any atom is -0.347 e. The second kappa shape index (κ2) is 9.11. The highest BCUT2D eigenvalue weighted by Gasteiger charge is 2.09. The first-order valence-electron chi connectivity index (χ1n) is 8.93. The molecule has 3 aromatic rings. The maximum atomic E-state index is 12.3. The molecule has 0 unspecified atom stereocenters. The smallest absolute Gasteiger partial charge is 0.244 e. The van der Waals surface area contributed by atoms with Gasteiger partial charge >= 0.3 is 0 Å². The van der Waals surface area contributed by atoms with Crippen molar-refractivity contribution in [2.24, 2.45) is 5.10 Å². The molecular formula is C21H22ClN3OS. The summed E-state index contributed by atoms with van der Waals surface area (Å²) in [7, 11) is 0. The van der Waals surface area contributed by atoms with Crippen molar-refractivity contribution in [1.29, 1.82) is 0 Å². The molecule has 140 valence electrons. The van der Waals surface area contributed by atoms with Gasteiger partial charge in [-0.1, -0.05) is 36.7 Å². The van der Waals surface area contributed by atoms with Gasteiger partial charge in [-0.3, -0.25) is 4.79 Å². The second-order valence-electron chi connectivity index (χ2n) is 6.04. The lowest BCUT2D eigenvalue weighted by Crippen LogP contribution is -2.20. The van der Waals surface area contributed by atoms with Crippen molar-refractivity contribution in [3.05, 3.63) is 64.8 Å². The molecule has 0 atom stereocenters. The number of fused-ring (bicyclic) bond motifs is 1. The molecule has 3 rings (SSSR count). The van der Waals surface area contributed by atoms with Gasteiger partial charge in [0, 0.05) is 39.1 Å². The van der Waals surface area contributed by atoms with Gasteiger partial charge in [-0.05, 0) is 42.5 Å². The molecule has 2 aromatic carbocycles. The predicted octanol–water partition coefficient (Wildman–Crippen LogP) is 5.12. The van der Waals surface area contributed by atoms with Gasteiger partial charge in [0.25, 0.3) is 0 Å². The number of benzene rings is 2. The number of rotatable bonds is 7. The van der Waals surface area contributed by atoms with Gasteiger partial charge in [0.1, 0.15) is 0 Å². The van der Waals surface area contributed by atoms with Crippen molar-refractivity contribution in [1.82, 2.24) is 9.99 Å². The molecule has 0 aliphatic rings. The molecule has 0 aliphatic heterocycles. The van der Waals surface area contributed by atoms with E-state index in [-0.39, 0.29) is 12.3 Å². The van der Waals surface area contributed by atoms with Crippen LogP contribution in [0, 0.1) is 0 Å². The van der Waals surface area contributed by atoms with Gasteiger partial charge in [0.15, 0.2) is 0 Å². The Kier molecular flexibility index (Phi) is 6.58. The van der Waals surface area contributed by atoms with E-state index in [4.69, 9.17) is 11.6 Å². The molecule has 0 saturated carbocycles. The van der Waals surface area contributed by atoms with E-state index >= 15 is 0 Å². The van der Waals surface area contributed by atoms with Crippen LogP contribution in [0.25, 0.3) is 10.9 Å². The Morgan fingerprint density at radius 2 is 2.07 bits per heavy atom. The number of hydrogen-bond acceptors (Lipinski definition) is 3. The maximum absolute atomic E-state index is 12.3. The largest absolute Gasteiger partial charge is 0.347 e. The summed E-state index contributed by atoms with van der Waals surface area (Å²) in [5, 5.41) is 5.91. The average Bonchev–Trinajstić information content (AvgIpc) is 3.02. The van der Waals surface area contributed by atoms with Gasteiger partial charge in [0.2, 0.25) is 5.91 Å². The van der Waals surface area contributed by atoms with E-state index < -0.39 is 0 Å². The molecule has 27 heavy (non-hydrogen) atoms. The fourth-order valence-corrected chi connectivity index (χ4v) is 3.99. The summed E-state index contributed by atoms with van der Waals surface area (Å²) in [6.45, 7) is 5.07. The summed E-state index contributed by atoms with van der Waals surface area (Å²) >= 11 is 7.78. The molecule has 0 saturated heterocycles. The zero-order chi connectivity index (χ0) is 19.2. The third-order valence-corrected chi connectivity index (χ3v) is 5.46. The molecule has 4 nitrogen and oxygen atoms in total. The fraction of sp³-hybridized carbons (Fsp3) is 0.238. The topological polar surface area (TPSA) is 46.4 Å². The quantitative estimate of drug-likeness (QED) is 0.340. The van der Waals surface area contributed by atoms with Crippen molar-refractivity contribution in [3.8, 4) is 0 Å². The van der Waals surface area contributed by atoms with Crippen molar-refractivity contribution in [3.63, 3.8) is 0 Å². The van der Waals surface area contributed by atoms with Crippen molar-refractivity contribution in [2.75, 3.05) is 5.75 Å². The zero-order valence-corrected chi connectivity index (χ0v) is 17.0. The number of hydrazone groups is 1. The van der Waals surface area contributed by atoms with Gasteiger partial charge in [0.05, 0.1) is 12.6 Å². The van der Waals surface area contributed by atoms with Crippen molar-refractivity contribution >= 4 is 46.4 Å². The van der Waals surface area contributed by atoms with Crippen LogP contribution in [0.2, 0.25) is 5.02 Å². The monoisotopic (exact) mass is 399 g/mol. The van der Waals surface area contributed by atoms with E-state index in [2.05, 4.69) is 41.1 Å². The van der Waals surface area contributed by atoms with Crippen LogP contribution in [-0.4, -0.2) is 22.4 Å². The van der Waals surface area contributed by atoms with Gasteiger partial charge in [-0.25, -0.2) is 5.43 Å². The highest BCUT2D eigenvalue weighted by atomic mass is 35.5. The van der Waals surface area contributed by atoms with Crippen LogP contribution >= 0.6 is 23.4 Å². The molecule has 0 aliphatic carbocycles. The number of hydrogen-bond donors (Lipinski definition) is 1. The number of thioether (sulfide) groups is 1. The van der Waals surface area contributed by atoms with Crippen LogP contribution in [-0.2, 0) is 17.8 Å². The SMILES string of the molecule is CCSc1ccc(Cl)cc1CC(=O)N/N=C\c1cn(CC)c2ccccc12. The Hall–Kier alpha value is -2.24. The Morgan fingerprint density at radius 3 is 2.85 bits per heavy atom. The number of aromatic nitrogens is 1. The maximum Gasteiger partial charge on any atom is 0.244 e. The molecule has 1 N–H and O–H groups in total. The summed E-state index contributed by atoms with van der Waals surface area (Å²) in [6, 6.07) is 13.8. The lowest BCUT2D eigenvalue weighted by atomic mass is 10.1. The first kappa shape index (κ1) is 19.5. The Bertz CT molecular complexity index is 981. The molecule has 0 bridgehead atoms.